The summed E-state index contributed by atoms with van der Waals surface area (Å²) < 4.78 is 0. The number of carbonyl (C=O) groups excluding carboxylic acids is 2. The first-order valence-corrected chi connectivity index (χ1v) is 5.62. The maximum Gasteiger partial charge on any atom is 0.221 e. The van der Waals surface area contributed by atoms with Crippen LogP contribution in [0.5, 0.6) is 0 Å². The molecule has 0 aromatic carbocycles. The average Bonchev–Trinajstić information content (AvgIpc) is 2.34. The Morgan fingerprint density at radius 3 is 1.77 bits per heavy atom. The number of nitrogens with one attached hydrogen (secondary N) is 2. The Hall–Kier alpha value is -0.620. The van der Waals surface area contributed by atoms with Gasteiger partial charge in [0.15, 0.2) is 0 Å². The van der Waals surface area contributed by atoms with Crippen molar-refractivity contribution in [3.05, 3.63) is 10.1 Å². The molecule has 1 rings (SSSR count). The summed E-state index contributed by atoms with van der Waals surface area (Å²) in [6.07, 6.45) is 0. The summed E-state index contributed by atoms with van der Waals surface area (Å²) in [4.78, 5) is 21.5. The molecule has 0 spiro atoms. The fourth-order valence-corrected chi connectivity index (χ4v) is 3.11. The molecule has 1 aliphatic rings. The van der Waals surface area contributed by atoms with Crippen molar-refractivity contribution in [2.24, 2.45) is 0 Å². The van der Waals surface area contributed by atoms with E-state index in [0.717, 1.165) is 15.1 Å². The van der Waals surface area contributed by atoms with Crippen LogP contribution in [0.15, 0.2) is 10.1 Å². The highest BCUT2D eigenvalue weighted by Crippen LogP contribution is 2.35. The lowest BCUT2D eigenvalue weighted by molar-refractivity contribution is -0.119. The number of rotatable bonds is 2. The molecule has 0 aromatic rings. The Morgan fingerprint density at radius 1 is 1.08 bits per heavy atom. The van der Waals surface area contributed by atoms with Crippen LogP contribution in [0.25, 0.3) is 0 Å². The smallest absolute Gasteiger partial charge is 0.221 e. The molecule has 1 aliphatic heterocycles. The molecule has 1 heterocycles. The summed E-state index contributed by atoms with van der Waals surface area (Å²) in [5.74, 6) is -0.235. The third-order valence-electron chi connectivity index (χ3n) is 1.19. The minimum absolute atomic E-state index is 0.118. The van der Waals surface area contributed by atoms with Gasteiger partial charge in [0.1, 0.15) is 10.1 Å². The van der Waals surface area contributed by atoms with E-state index in [1.807, 2.05) is 0 Å². The number of hydrogen-bond donors (Lipinski definition) is 2. The monoisotopic (exact) mass is 218 g/mol. The molecule has 4 nitrogen and oxygen atoms in total. The standard InChI is InChI=1S/C7H10N2O2S2/c1-4(10)8-6-7(9-5(2)11)13-3-12-6/h3H2,1-2H3,(H,8,10)(H,9,11). The minimum atomic E-state index is -0.118. The first-order chi connectivity index (χ1) is 6.09. The Kier molecular flexibility index (Phi) is 3.68. The van der Waals surface area contributed by atoms with Gasteiger partial charge in [-0.3, -0.25) is 9.59 Å². The van der Waals surface area contributed by atoms with Crippen LogP contribution in [0, 0.1) is 0 Å². The Labute approximate surface area is 84.9 Å². The normalized spacial score (nSPS) is 15.8. The SMILES string of the molecule is CC(=O)NC1=C(NC(C)=O)SCS1. The van der Waals surface area contributed by atoms with Gasteiger partial charge < -0.3 is 10.6 Å². The maximum atomic E-state index is 10.8. The number of amides is 2. The highest BCUT2D eigenvalue weighted by atomic mass is 32.2. The van der Waals surface area contributed by atoms with Crippen LogP contribution in [-0.4, -0.2) is 16.9 Å². The van der Waals surface area contributed by atoms with Crippen molar-refractivity contribution in [3.8, 4) is 0 Å². The van der Waals surface area contributed by atoms with Crippen molar-refractivity contribution in [1.29, 1.82) is 0 Å². The quantitative estimate of drug-likeness (QED) is 0.720. The topological polar surface area (TPSA) is 58.2 Å². The second-order valence-corrected chi connectivity index (χ2v) is 4.76. The first-order valence-electron chi connectivity index (χ1n) is 3.64. The summed E-state index contributed by atoms with van der Waals surface area (Å²) >= 11 is 3.03. The first kappa shape index (κ1) is 10.5. The molecular formula is C7H10N2O2S2. The van der Waals surface area contributed by atoms with E-state index in [4.69, 9.17) is 0 Å². The fraction of sp³-hybridized carbons (Fsp3) is 0.429. The van der Waals surface area contributed by atoms with Crippen molar-refractivity contribution < 1.29 is 9.59 Å². The van der Waals surface area contributed by atoms with Crippen LogP contribution in [0.3, 0.4) is 0 Å². The number of hydrogen-bond acceptors (Lipinski definition) is 4. The minimum Gasteiger partial charge on any atom is -0.319 e. The maximum absolute atomic E-state index is 10.8. The molecular weight excluding hydrogens is 208 g/mol. The molecule has 0 aromatic heterocycles. The number of carbonyl (C=O) groups is 2. The molecule has 0 aliphatic carbocycles. The molecule has 2 amide bonds. The zero-order valence-electron chi connectivity index (χ0n) is 7.34. The Balaban J connectivity index is 2.65. The van der Waals surface area contributed by atoms with Gasteiger partial charge in [-0.1, -0.05) is 23.5 Å². The molecule has 0 radical (unpaired) electrons. The van der Waals surface area contributed by atoms with Crippen LogP contribution in [0.1, 0.15) is 13.8 Å². The molecule has 0 saturated heterocycles. The lowest BCUT2D eigenvalue weighted by Gasteiger charge is -2.05. The molecule has 72 valence electrons. The highest BCUT2D eigenvalue weighted by molar-refractivity contribution is 8.22. The van der Waals surface area contributed by atoms with Gasteiger partial charge in [-0.2, -0.15) is 0 Å². The van der Waals surface area contributed by atoms with E-state index < -0.39 is 0 Å². The van der Waals surface area contributed by atoms with Crippen LogP contribution >= 0.6 is 23.5 Å². The average molecular weight is 218 g/mol. The lowest BCUT2D eigenvalue weighted by Crippen LogP contribution is -2.23. The second-order valence-electron chi connectivity index (χ2n) is 2.43. The zero-order valence-corrected chi connectivity index (χ0v) is 8.97. The van der Waals surface area contributed by atoms with Gasteiger partial charge in [0.2, 0.25) is 11.8 Å². The van der Waals surface area contributed by atoms with Crippen molar-refractivity contribution in [2.75, 3.05) is 5.08 Å². The summed E-state index contributed by atoms with van der Waals surface area (Å²) in [6.45, 7) is 2.89. The molecule has 0 atom stereocenters. The molecule has 0 fully saturated rings. The van der Waals surface area contributed by atoms with Gasteiger partial charge in [0.25, 0.3) is 0 Å². The van der Waals surface area contributed by atoms with Crippen LogP contribution in [0.2, 0.25) is 0 Å². The van der Waals surface area contributed by atoms with E-state index in [9.17, 15) is 9.59 Å². The van der Waals surface area contributed by atoms with E-state index in [-0.39, 0.29) is 11.8 Å². The van der Waals surface area contributed by atoms with Crippen molar-refractivity contribution >= 4 is 35.3 Å². The van der Waals surface area contributed by atoms with Gasteiger partial charge in [-0.15, -0.1) is 0 Å². The van der Waals surface area contributed by atoms with Crippen LogP contribution < -0.4 is 10.6 Å². The van der Waals surface area contributed by atoms with E-state index in [1.54, 1.807) is 0 Å². The van der Waals surface area contributed by atoms with Crippen molar-refractivity contribution in [3.63, 3.8) is 0 Å². The van der Waals surface area contributed by atoms with Gasteiger partial charge in [0.05, 0.1) is 5.08 Å². The third kappa shape index (κ3) is 3.31. The Morgan fingerprint density at radius 2 is 1.46 bits per heavy atom. The lowest BCUT2D eigenvalue weighted by atomic mass is 10.6. The van der Waals surface area contributed by atoms with Gasteiger partial charge in [-0.25, -0.2) is 0 Å². The van der Waals surface area contributed by atoms with Gasteiger partial charge in [0, 0.05) is 13.8 Å². The summed E-state index contributed by atoms with van der Waals surface area (Å²) in [5, 5.41) is 7.64. The Bertz CT molecular complexity index is 250. The predicted molar refractivity (Wildman–Crippen MR) is 54.7 cm³/mol. The van der Waals surface area contributed by atoms with Crippen LogP contribution in [-0.2, 0) is 9.59 Å². The van der Waals surface area contributed by atoms with Crippen molar-refractivity contribution in [2.45, 2.75) is 13.8 Å². The van der Waals surface area contributed by atoms with Gasteiger partial charge >= 0.3 is 0 Å². The summed E-state index contributed by atoms with van der Waals surface area (Å²) in [5.41, 5.74) is 0. The molecule has 13 heavy (non-hydrogen) atoms. The zero-order chi connectivity index (χ0) is 9.84. The van der Waals surface area contributed by atoms with Crippen LogP contribution in [0.4, 0.5) is 0 Å². The van der Waals surface area contributed by atoms with E-state index in [2.05, 4.69) is 10.6 Å². The third-order valence-corrected chi connectivity index (χ3v) is 3.45. The highest BCUT2D eigenvalue weighted by Gasteiger charge is 2.17. The molecule has 0 unspecified atom stereocenters. The molecule has 2 N–H and O–H groups in total. The molecule has 6 heteroatoms. The van der Waals surface area contributed by atoms with E-state index >= 15 is 0 Å². The fourth-order valence-electron chi connectivity index (χ4n) is 0.784. The second kappa shape index (κ2) is 4.57. The van der Waals surface area contributed by atoms with Gasteiger partial charge in [-0.05, 0) is 0 Å². The number of thioether (sulfide) groups is 2. The van der Waals surface area contributed by atoms with E-state index in [0.29, 0.717) is 0 Å². The van der Waals surface area contributed by atoms with E-state index in [1.165, 1.54) is 37.4 Å². The molecule has 0 bridgehead atoms. The predicted octanol–water partition coefficient (Wildman–Crippen LogP) is 0.823. The summed E-state index contributed by atoms with van der Waals surface area (Å²) in [6, 6.07) is 0. The van der Waals surface area contributed by atoms with Crippen molar-refractivity contribution in [1.82, 2.24) is 10.6 Å². The molecule has 0 saturated carbocycles. The largest absolute Gasteiger partial charge is 0.319 e. The summed E-state index contributed by atoms with van der Waals surface area (Å²) in [7, 11) is 0.